The molecule has 0 aromatic heterocycles. The van der Waals surface area contributed by atoms with Gasteiger partial charge >= 0.3 is 0 Å². The minimum atomic E-state index is -0.386. The second-order valence-corrected chi connectivity index (χ2v) is 4.88. The van der Waals surface area contributed by atoms with E-state index in [1.54, 1.807) is 0 Å². The van der Waals surface area contributed by atoms with Crippen LogP contribution in [0.1, 0.15) is 37.9 Å². The number of rotatable bonds is 2. The molecular formula is C12H15BrO2. The van der Waals surface area contributed by atoms with Crippen molar-refractivity contribution in [2.75, 3.05) is 0 Å². The van der Waals surface area contributed by atoms with Gasteiger partial charge in [0.15, 0.2) is 0 Å². The predicted molar refractivity (Wildman–Crippen MR) is 63.0 cm³/mol. The standard InChI is InChI=1S/C12H15BrO2/c1-2-3-9-7-11(14)10-6-8(13)4-5-12(10)15-9/h4-6,9,11,14H,2-3,7H2,1H3. The van der Waals surface area contributed by atoms with Gasteiger partial charge in [-0.25, -0.2) is 0 Å². The maximum Gasteiger partial charge on any atom is 0.125 e. The van der Waals surface area contributed by atoms with Crippen molar-refractivity contribution in [3.63, 3.8) is 0 Å². The molecule has 1 aliphatic heterocycles. The molecule has 0 bridgehead atoms. The summed E-state index contributed by atoms with van der Waals surface area (Å²) in [5.41, 5.74) is 0.900. The van der Waals surface area contributed by atoms with Crippen LogP contribution in [-0.4, -0.2) is 11.2 Å². The summed E-state index contributed by atoms with van der Waals surface area (Å²) in [6.45, 7) is 2.13. The number of ether oxygens (including phenoxy) is 1. The van der Waals surface area contributed by atoms with Crippen LogP contribution in [0.5, 0.6) is 5.75 Å². The van der Waals surface area contributed by atoms with Crippen LogP contribution in [-0.2, 0) is 0 Å². The molecule has 0 amide bonds. The van der Waals surface area contributed by atoms with Crippen LogP contribution in [0, 0.1) is 0 Å². The maximum atomic E-state index is 9.98. The van der Waals surface area contributed by atoms with Gasteiger partial charge in [-0.1, -0.05) is 29.3 Å². The normalized spacial score (nSPS) is 24.5. The second kappa shape index (κ2) is 4.54. The van der Waals surface area contributed by atoms with Crippen molar-refractivity contribution in [3.05, 3.63) is 28.2 Å². The molecule has 2 nitrogen and oxygen atoms in total. The van der Waals surface area contributed by atoms with Crippen LogP contribution in [0.3, 0.4) is 0 Å². The van der Waals surface area contributed by atoms with E-state index >= 15 is 0 Å². The van der Waals surface area contributed by atoms with E-state index < -0.39 is 0 Å². The number of halogens is 1. The topological polar surface area (TPSA) is 29.5 Å². The van der Waals surface area contributed by atoms with Gasteiger partial charge in [-0.15, -0.1) is 0 Å². The molecule has 15 heavy (non-hydrogen) atoms. The molecule has 1 heterocycles. The van der Waals surface area contributed by atoms with Crippen LogP contribution in [0.15, 0.2) is 22.7 Å². The van der Waals surface area contributed by atoms with Gasteiger partial charge in [0.25, 0.3) is 0 Å². The molecule has 1 aromatic carbocycles. The Balaban J connectivity index is 2.24. The number of aliphatic hydroxyl groups is 1. The first-order chi connectivity index (χ1) is 7.20. The highest BCUT2D eigenvalue weighted by molar-refractivity contribution is 9.10. The minimum absolute atomic E-state index is 0.165. The number of aliphatic hydroxyl groups excluding tert-OH is 1. The van der Waals surface area contributed by atoms with E-state index in [4.69, 9.17) is 4.74 Å². The van der Waals surface area contributed by atoms with E-state index in [0.717, 1.165) is 28.6 Å². The molecule has 1 aromatic rings. The van der Waals surface area contributed by atoms with E-state index in [0.29, 0.717) is 6.42 Å². The van der Waals surface area contributed by atoms with Gasteiger partial charge in [-0.3, -0.25) is 0 Å². The second-order valence-electron chi connectivity index (χ2n) is 3.96. The van der Waals surface area contributed by atoms with Gasteiger partial charge in [0.05, 0.1) is 6.10 Å². The number of hydrogen-bond acceptors (Lipinski definition) is 2. The molecule has 0 saturated heterocycles. The number of fused-ring (bicyclic) bond motifs is 1. The van der Waals surface area contributed by atoms with Gasteiger partial charge < -0.3 is 9.84 Å². The molecule has 0 aliphatic carbocycles. The summed E-state index contributed by atoms with van der Waals surface area (Å²) in [5, 5.41) is 9.98. The minimum Gasteiger partial charge on any atom is -0.490 e. The molecule has 0 saturated carbocycles. The predicted octanol–water partition coefficient (Wildman–Crippen LogP) is 3.43. The Morgan fingerprint density at radius 3 is 3.07 bits per heavy atom. The largest absolute Gasteiger partial charge is 0.490 e. The van der Waals surface area contributed by atoms with Crippen LogP contribution >= 0.6 is 15.9 Å². The van der Waals surface area contributed by atoms with E-state index in [1.807, 2.05) is 18.2 Å². The zero-order chi connectivity index (χ0) is 10.8. The average Bonchev–Trinajstić information content (AvgIpc) is 2.20. The first-order valence-electron chi connectivity index (χ1n) is 5.35. The van der Waals surface area contributed by atoms with Crippen molar-refractivity contribution >= 4 is 15.9 Å². The lowest BCUT2D eigenvalue weighted by Crippen LogP contribution is -2.25. The average molecular weight is 271 g/mol. The van der Waals surface area contributed by atoms with Gasteiger partial charge in [-0.2, -0.15) is 0 Å². The van der Waals surface area contributed by atoms with Gasteiger partial charge in [0, 0.05) is 16.5 Å². The van der Waals surface area contributed by atoms with Crippen molar-refractivity contribution in [1.82, 2.24) is 0 Å². The van der Waals surface area contributed by atoms with E-state index in [2.05, 4.69) is 22.9 Å². The molecule has 2 atom stereocenters. The third-order valence-electron chi connectivity index (χ3n) is 2.72. The Morgan fingerprint density at radius 1 is 1.53 bits per heavy atom. The number of benzene rings is 1. The highest BCUT2D eigenvalue weighted by Crippen LogP contribution is 2.37. The maximum absolute atomic E-state index is 9.98. The van der Waals surface area contributed by atoms with Crippen LogP contribution in [0.2, 0.25) is 0 Å². The van der Waals surface area contributed by atoms with Crippen LogP contribution in [0.25, 0.3) is 0 Å². The first-order valence-corrected chi connectivity index (χ1v) is 6.14. The molecule has 2 rings (SSSR count). The van der Waals surface area contributed by atoms with Crippen molar-refractivity contribution in [3.8, 4) is 5.75 Å². The molecule has 1 N–H and O–H groups in total. The molecule has 82 valence electrons. The summed E-state index contributed by atoms with van der Waals surface area (Å²) in [6, 6.07) is 5.80. The monoisotopic (exact) mass is 270 g/mol. The molecule has 3 heteroatoms. The zero-order valence-corrected chi connectivity index (χ0v) is 10.3. The fourth-order valence-electron chi connectivity index (χ4n) is 1.99. The van der Waals surface area contributed by atoms with Crippen molar-refractivity contribution in [2.45, 2.75) is 38.4 Å². The van der Waals surface area contributed by atoms with Gasteiger partial charge in [0.1, 0.15) is 11.9 Å². The summed E-state index contributed by atoms with van der Waals surface area (Å²) in [5.74, 6) is 0.829. The molecule has 0 fully saturated rings. The zero-order valence-electron chi connectivity index (χ0n) is 8.74. The molecule has 0 spiro atoms. The quantitative estimate of drug-likeness (QED) is 0.892. The molecular weight excluding hydrogens is 256 g/mol. The van der Waals surface area contributed by atoms with Crippen molar-refractivity contribution < 1.29 is 9.84 Å². The Bertz CT molecular complexity index is 351. The number of hydrogen-bond donors (Lipinski definition) is 1. The Hall–Kier alpha value is -0.540. The summed E-state index contributed by atoms with van der Waals surface area (Å²) in [4.78, 5) is 0. The SMILES string of the molecule is CCCC1CC(O)c2cc(Br)ccc2O1. The first kappa shape index (κ1) is 11.0. The Morgan fingerprint density at radius 2 is 2.33 bits per heavy atom. The lowest BCUT2D eigenvalue weighted by atomic mass is 9.97. The summed E-state index contributed by atoms with van der Waals surface area (Å²) < 4.78 is 6.80. The van der Waals surface area contributed by atoms with Crippen LogP contribution in [0.4, 0.5) is 0 Å². The Labute approximate surface area is 98.4 Å². The van der Waals surface area contributed by atoms with Crippen LogP contribution < -0.4 is 4.74 Å². The third kappa shape index (κ3) is 2.34. The summed E-state index contributed by atoms with van der Waals surface area (Å²) in [7, 11) is 0. The summed E-state index contributed by atoms with van der Waals surface area (Å²) in [6.07, 6.45) is 2.58. The van der Waals surface area contributed by atoms with Gasteiger partial charge in [-0.05, 0) is 24.6 Å². The third-order valence-corrected chi connectivity index (χ3v) is 3.21. The van der Waals surface area contributed by atoms with Gasteiger partial charge in [0.2, 0.25) is 0 Å². The molecule has 0 radical (unpaired) electrons. The summed E-state index contributed by atoms with van der Waals surface area (Å²) >= 11 is 3.40. The fraction of sp³-hybridized carbons (Fsp3) is 0.500. The lowest BCUT2D eigenvalue weighted by molar-refractivity contribution is 0.0614. The lowest BCUT2D eigenvalue weighted by Gasteiger charge is -2.29. The van der Waals surface area contributed by atoms with E-state index in [9.17, 15) is 5.11 Å². The van der Waals surface area contributed by atoms with E-state index in [1.165, 1.54) is 0 Å². The molecule has 2 unspecified atom stereocenters. The van der Waals surface area contributed by atoms with E-state index in [-0.39, 0.29) is 12.2 Å². The fourth-order valence-corrected chi connectivity index (χ4v) is 2.37. The highest BCUT2D eigenvalue weighted by Gasteiger charge is 2.26. The smallest absolute Gasteiger partial charge is 0.125 e. The van der Waals surface area contributed by atoms with Crippen molar-refractivity contribution in [1.29, 1.82) is 0 Å². The molecule has 1 aliphatic rings. The Kier molecular flexibility index (Phi) is 3.32. The highest BCUT2D eigenvalue weighted by atomic mass is 79.9. The van der Waals surface area contributed by atoms with Crippen molar-refractivity contribution in [2.24, 2.45) is 0 Å².